The third-order valence-corrected chi connectivity index (χ3v) is 5.80. The fraction of sp³-hybridized carbons (Fsp3) is 0.130. The Morgan fingerprint density at radius 2 is 1.72 bits per heavy atom. The monoisotopic (exact) mass is 448 g/mol. The molecule has 0 saturated heterocycles. The van der Waals surface area contributed by atoms with Crippen LogP contribution in [0.15, 0.2) is 78.0 Å². The molecule has 0 aliphatic heterocycles. The number of benzene rings is 3. The molecule has 9 heteroatoms. The van der Waals surface area contributed by atoms with Gasteiger partial charge in [0, 0.05) is 23.1 Å². The Labute approximate surface area is 189 Å². The van der Waals surface area contributed by atoms with E-state index in [-0.39, 0.29) is 11.4 Å². The summed E-state index contributed by atoms with van der Waals surface area (Å²) in [6.45, 7) is 0. The van der Waals surface area contributed by atoms with Crippen LogP contribution < -0.4 is 9.47 Å². The molecule has 4 aromatic rings. The van der Waals surface area contributed by atoms with E-state index >= 15 is 0 Å². The summed E-state index contributed by atoms with van der Waals surface area (Å²) in [5.41, 5.74) is 2.67. The Kier molecular flexibility index (Phi) is 6.37. The Morgan fingerprint density at radius 3 is 2.38 bits per heavy atom. The highest BCUT2D eigenvalue weighted by molar-refractivity contribution is 7.98. The molecule has 0 saturated carbocycles. The maximum Gasteiger partial charge on any atom is 0.310 e. The van der Waals surface area contributed by atoms with Crippen molar-refractivity contribution >= 4 is 17.4 Å². The standard InChI is InChI=1S/C23H20N4O4S/c1-30-19-11-9-17(10-12-19)22-24-25-23(26(22)18-6-4-3-5-7-18)32-15-16-8-13-20(27(28)29)21(14-16)31-2/h3-14H,15H2,1-2H3. The summed E-state index contributed by atoms with van der Waals surface area (Å²) >= 11 is 1.49. The van der Waals surface area contributed by atoms with Gasteiger partial charge in [-0.05, 0) is 48.0 Å². The molecule has 0 unspecified atom stereocenters. The van der Waals surface area contributed by atoms with Gasteiger partial charge in [-0.2, -0.15) is 0 Å². The SMILES string of the molecule is COc1ccc(-c2nnc(SCc3ccc([N+](=O)[O-])c(OC)c3)n2-c2ccccc2)cc1. The number of nitro groups is 1. The zero-order valence-corrected chi connectivity index (χ0v) is 18.3. The third-order valence-electron chi connectivity index (χ3n) is 4.80. The second-order valence-electron chi connectivity index (χ2n) is 6.76. The molecule has 0 atom stereocenters. The summed E-state index contributed by atoms with van der Waals surface area (Å²) in [4.78, 5) is 10.7. The second-order valence-corrected chi connectivity index (χ2v) is 7.70. The first-order valence-corrected chi connectivity index (χ1v) is 10.7. The van der Waals surface area contributed by atoms with Crippen LogP contribution in [0.25, 0.3) is 17.1 Å². The summed E-state index contributed by atoms with van der Waals surface area (Å²) in [6.07, 6.45) is 0. The molecule has 8 nitrogen and oxygen atoms in total. The van der Waals surface area contributed by atoms with Crippen LogP contribution in [0, 0.1) is 10.1 Å². The number of hydrogen-bond acceptors (Lipinski definition) is 7. The van der Waals surface area contributed by atoms with Gasteiger partial charge in [-0.15, -0.1) is 10.2 Å². The lowest BCUT2D eigenvalue weighted by molar-refractivity contribution is -0.385. The van der Waals surface area contributed by atoms with Crippen molar-refractivity contribution in [1.29, 1.82) is 0 Å². The molecule has 0 N–H and O–H groups in total. The van der Waals surface area contributed by atoms with Crippen molar-refractivity contribution in [1.82, 2.24) is 14.8 Å². The predicted molar refractivity (Wildman–Crippen MR) is 123 cm³/mol. The van der Waals surface area contributed by atoms with Gasteiger partial charge in [-0.25, -0.2) is 0 Å². The average molecular weight is 449 g/mol. The van der Waals surface area contributed by atoms with Crippen molar-refractivity contribution in [2.24, 2.45) is 0 Å². The molecule has 0 amide bonds. The van der Waals surface area contributed by atoms with Gasteiger partial charge >= 0.3 is 5.69 Å². The highest BCUT2D eigenvalue weighted by Gasteiger charge is 2.18. The first-order chi connectivity index (χ1) is 15.6. The molecule has 0 bridgehead atoms. The van der Waals surface area contributed by atoms with Crippen LogP contribution >= 0.6 is 11.8 Å². The van der Waals surface area contributed by atoms with E-state index < -0.39 is 4.92 Å². The topological polar surface area (TPSA) is 92.3 Å². The second kappa shape index (κ2) is 9.52. The van der Waals surface area contributed by atoms with Gasteiger partial charge in [-0.3, -0.25) is 14.7 Å². The fourth-order valence-electron chi connectivity index (χ4n) is 3.21. The normalized spacial score (nSPS) is 10.7. The first-order valence-electron chi connectivity index (χ1n) is 9.70. The average Bonchev–Trinajstić information content (AvgIpc) is 3.27. The Bertz CT molecular complexity index is 1230. The smallest absolute Gasteiger partial charge is 0.310 e. The molecule has 0 fully saturated rings. The van der Waals surface area contributed by atoms with E-state index in [1.165, 1.54) is 24.9 Å². The van der Waals surface area contributed by atoms with Crippen LogP contribution in [0.1, 0.15) is 5.56 Å². The molecule has 0 aliphatic carbocycles. The summed E-state index contributed by atoms with van der Waals surface area (Å²) < 4.78 is 12.4. The van der Waals surface area contributed by atoms with Crippen LogP contribution in [0.5, 0.6) is 11.5 Å². The first kappa shape index (κ1) is 21.4. The summed E-state index contributed by atoms with van der Waals surface area (Å²) in [5, 5.41) is 20.7. The molecule has 0 radical (unpaired) electrons. The van der Waals surface area contributed by atoms with E-state index in [0.29, 0.717) is 16.7 Å². The minimum absolute atomic E-state index is 0.0597. The zero-order valence-electron chi connectivity index (χ0n) is 17.5. The molecular formula is C23H20N4O4S. The summed E-state index contributed by atoms with van der Waals surface area (Å²) in [6, 6.07) is 22.4. The van der Waals surface area contributed by atoms with Crippen molar-refractivity contribution < 1.29 is 14.4 Å². The van der Waals surface area contributed by atoms with E-state index in [0.717, 1.165) is 22.6 Å². The van der Waals surface area contributed by atoms with Crippen molar-refractivity contribution in [2.75, 3.05) is 14.2 Å². The van der Waals surface area contributed by atoms with E-state index in [4.69, 9.17) is 9.47 Å². The number of aromatic nitrogens is 3. The van der Waals surface area contributed by atoms with E-state index in [9.17, 15) is 10.1 Å². The van der Waals surface area contributed by atoms with Crippen LogP contribution in [-0.2, 0) is 5.75 Å². The number of para-hydroxylation sites is 1. The van der Waals surface area contributed by atoms with Crippen molar-refractivity contribution in [3.05, 3.63) is 88.5 Å². The van der Waals surface area contributed by atoms with Gasteiger partial charge in [0.05, 0.1) is 19.1 Å². The summed E-state index contributed by atoms with van der Waals surface area (Å²) in [7, 11) is 3.05. The van der Waals surface area contributed by atoms with Gasteiger partial charge in [0.1, 0.15) is 5.75 Å². The Balaban J connectivity index is 1.67. The van der Waals surface area contributed by atoms with Crippen LogP contribution in [0.4, 0.5) is 5.69 Å². The largest absolute Gasteiger partial charge is 0.497 e. The fourth-order valence-corrected chi connectivity index (χ4v) is 4.11. The molecule has 3 aromatic carbocycles. The number of thioether (sulfide) groups is 1. The number of methoxy groups -OCH3 is 2. The number of nitrogens with zero attached hydrogens (tertiary/aromatic N) is 4. The van der Waals surface area contributed by atoms with Crippen molar-refractivity contribution in [3.63, 3.8) is 0 Å². The maximum atomic E-state index is 11.1. The molecular weight excluding hydrogens is 428 g/mol. The zero-order chi connectivity index (χ0) is 22.5. The van der Waals surface area contributed by atoms with Crippen LogP contribution in [0.2, 0.25) is 0 Å². The van der Waals surface area contributed by atoms with Gasteiger partial charge in [0.15, 0.2) is 16.7 Å². The van der Waals surface area contributed by atoms with Gasteiger partial charge < -0.3 is 9.47 Å². The van der Waals surface area contributed by atoms with E-state index in [1.54, 1.807) is 19.2 Å². The van der Waals surface area contributed by atoms with Crippen LogP contribution in [-0.4, -0.2) is 33.9 Å². The number of hydrogen-bond donors (Lipinski definition) is 0. The minimum Gasteiger partial charge on any atom is -0.497 e. The number of ether oxygens (including phenoxy) is 2. The third kappa shape index (κ3) is 4.42. The molecule has 0 aliphatic rings. The lowest BCUT2D eigenvalue weighted by Crippen LogP contribution is -2.00. The Hall–Kier alpha value is -3.85. The molecule has 1 aromatic heterocycles. The quantitative estimate of drug-likeness (QED) is 0.209. The Morgan fingerprint density at radius 1 is 0.969 bits per heavy atom. The lowest BCUT2D eigenvalue weighted by atomic mass is 10.2. The lowest BCUT2D eigenvalue weighted by Gasteiger charge is -2.11. The van der Waals surface area contributed by atoms with Gasteiger partial charge in [-0.1, -0.05) is 36.0 Å². The minimum atomic E-state index is -0.455. The predicted octanol–water partition coefficient (Wildman–Crippen LogP) is 5.15. The summed E-state index contributed by atoms with van der Waals surface area (Å²) in [5.74, 6) is 2.25. The highest BCUT2D eigenvalue weighted by Crippen LogP contribution is 2.33. The van der Waals surface area contributed by atoms with E-state index in [2.05, 4.69) is 10.2 Å². The van der Waals surface area contributed by atoms with Gasteiger partial charge in [0.2, 0.25) is 0 Å². The highest BCUT2D eigenvalue weighted by atomic mass is 32.2. The molecule has 32 heavy (non-hydrogen) atoms. The van der Waals surface area contributed by atoms with Crippen molar-refractivity contribution in [3.8, 4) is 28.6 Å². The van der Waals surface area contributed by atoms with E-state index in [1.807, 2.05) is 59.2 Å². The van der Waals surface area contributed by atoms with Gasteiger partial charge in [0.25, 0.3) is 0 Å². The maximum absolute atomic E-state index is 11.1. The number of rotatable bonds is 8. The number of nitro benzene ring substituents is 1. The molecule has 0 spiro atoms. The van der Waals surface area contributed by atoms with Crippen LogP contribution in [0.3, 0.4) is 0 Å². The van der Waals surface area contributed by atoms with Crippen molar-refractivity contribution in [2.45, 2.75) is 10.9 Å². The molecule has 4 rings (SSSR count). The molecule has 1 heterocycles. The molecule has 162 valence electrons.